The summed E-state index contributed by atoms with van der Waals surface area (Å²) in [7, 11) is 0. The van der Waals surface area contributed by atoms with Gasteiger partial charge in [-0.15, -0.1) is 0 Å². The van der Waals surface area contributed by atoms with E-state index in [-0.39, 0.29) is 28.5 Å². The van der Waals surface area contributed by atoms with Gasteiger partial charge in [0.1, 0.15) is 11.3 Å². The molecule has 3 unspecified atom stereocenters. The molecule has 150 valence electrons. The predicted octanol–water partition coefficient (Wildman–Crippen LogP) is 4.94. The first kappa shape index (κ1) is 19.3. The highest BCUT2D eigenvalue weighted by Gasteiger charge is 2.56. The Morgan fingerprint density at radius 1 is 1.21 bits per heavy atom. The molecule has 0 radical (unpaired) electrons. The summed E-state index contributed by atoms with van der Waals surface area (Å²) in [6.07, 6.45) is 3.63. The van der Waals surface area contributed by atoms with Gasteiger partial charge in [0, 0.05) is 23.4 Å². The van der Waals surface area contributed by atoms with E-state index in [4.69, 9.17) is 9.15 Å². The average molecular weight is 383 g/mol. The topological polar surface area (TPSA) is 59.7 Å². The lowest BCUT2D eigenvalue weighted by atomic mass is 9.47. The van der Waals surface area contributed by atoms with Crippen molar-refractivity contribution in [2.45, 2.75) is 52.6 Å². The fourth-order valence-electron chi connectivity index (χ4n) is 5.78. The normalized spacial score (nSPS) is 32.1. The number of aliphatic hydroxyl groups is 1. The molecule has 1 heterocycles. The molecule has 4 atom stereocenters. The summed E-state index contributed by atoms with van der Waals surface area (Å²) in [6, 6.07) is 8.80. The van der Waals surface area contributed by atoms with E-state index in [9.17, 15) is 9.90 Å². The second-order valence-electron chi connectivity index (χ2n) is 9.45. The molecule has 2 saturated carbocycles. The Labute approximate surface area is 166 Å². The summed E-state index contributed by atoms with van der Waals surface area (Å²) >= 11 is 0. The largest absolute Gasteiger partial charge is 0.493 e. The van der Waals surface area contributed by atoms with Gasteiger partial charge in [0.2, 0.25) is 0 Å². The molecule has 0 spiro atoms. The van der Waals surface area contributed by atoms with Crippen molar-refractivity contribution in [3.8, 4) is 5.75 Å². The summed E-state index contributed by atoms with van der Waals surface area (Å²) < 4.78 is 11.5. The second kappa shape index (κ2) is 6.77. The molecule has 0 amide bonds. The van der Waals surface area contributed by atoms with Gasteiger partial charge >= 0.3 is 5.63 Å². The molecule has 4 nitrogen and oxygen atoms in total. The van der Waals surface area contributed by atoms with Crippen LogP contribution in [0, 0.1) is 22.7 Å². The summed E-state index contributed by atoms with van der Waals surface area (Å²) in [5, 5.41) is 11.5. The van der Waals surface area contributed by atoms with Crippen LogP contribution in [0.15, 0.2) is 51.7 Å². The van der Waals surface area contributed by atoms with Crippen LogP contribution in [-0.2, 0) is 0 Å². The number of rotatable bonds is 3. The Morgan fingerprint density at radius 2 is 1.96 bits per heavy atom. The van der Waals surface area contributed by atoms with Crippen LogP contribution in [0.4, 0.5) is 0 Å². The van der Waals surface area contributed by atoms with E-state index in [0.717, 1.165) is 31.1 Å². The van der Waals surface area contributed by atoms with Crippen LogP contribution in [0.3, 0.4) is 0 Å². The highest BCUT2D eigenvalue weighted by molar-refractivity contribution is 5.77. The van der Waals surface area contributed by atoms with E-state index in [1.807, 2.05) is 12.1 Å². The highest BCUT2D eigenvalue weighted by Crippen LogP contribution is 2.60. The van der Waals surface area contributed by atoms with E-state index in [1.165, 1.54) is 11.6 Å². The smallest absolute Gasteiger partial charge is 0.336 e. The molecular formula is C24H30O4. The van der Waals surface area contributed by atoms with E-state index in [1.54, 1.807) is 12.1 Å². The molecule has 2 aromatic rings. The first-order chi connectivity index (χ1) is 13.2. The Balaban J connectivity index is 1.58. The van der Waals surface area contributed by atoms with Gasteiger partial charge in [0.05, 0.1) is 12.7 Å². The van der Waals surface area contributed by atoms with Crippen LogP contribution in [0.2, 0.25) is 0 Å². The van der Waals surface area contributed by atoms with Gasteiger partial charge in [0.25, 0.3) is 0 Å². The van der Waals surface area contributed by atoms with E-state index >= 15 is 0 Å². The van der Waals surface area contributed by atoms with Gasteiger partial charge in [-0.05, 0) is 60.6 Å². The first-order valence-electron chi connectivity index (χ1n) is 10.2. The maximum atomic E-state index is 11.5. The average Bonchev–Trinajstić information content (AvgIpc) is 2.64. The Kier molecular flexibility index (Phi) is 4.65. The van der Waals surface area contributed by atoms with E-state index in [0.29, 0.717) is 23.9 Å². The van der Waals surface area contributed by atoms with Gasteiger partial charge in [-0.25, -0.2) is 4.79 Å². The summed E-state index contributed by atoms with van der Waals surface area (Å²) in [5.74, 6) is 1.39. The Morgan fingerprint density at radius 3 is 2.75 bits per heavy atom. The number of fused-ring (bicyclic) bond motifs is 2. The molecule has 1 aromatic carbocycles. The number of hydrogen-bond donors (Lipinski definition) is 1. The molecule has 28 heavy (non-hydrogen) atoms. The zero-order chi connectivity index (χ0) is 20.1. The van der Waals surface area contributed by atoms with Crippen molar-refractivity contribution in [2.75, 3.05) is 6.61 Å². The van der Waals surface area contributed by atoms with E-state index in [2.05, 4.69) is 27.4 Å². The standard InChI is InChI=1S/C24H30O4/c1-15-5-9-20-23(2,3)21(25)11-12-24(20,4)18(15)14-27-17-8-6-16-7-10-22(26)28-19(16)13-17/h6-8,10,13,18,20-21,25H,1,5,9,11-12,14H2,2-4H3/t18?,20?,21-,24?/m1/s1. The van der Waals surface area contributed by atoms with Gasteiger partial charge < -0.3 is 14.3 Å². The minimum absolute atomic E-state index is 0.0709. The lowest BCUT2D eigenvalue weighted by Crippen LogP contribution is -2.55. The second-order valence-corrected chi connectivity index (χ2v) is 9.45. The maximum absolute atomic E-state index is 11.5. The Hall–Kier alpha value is -2.07. The van der Waals surface area contributed by atoms with E-state index < -0.39 is 0 Å². The summed E-state index contributed by atoms with van der Waals surface area (Å²) in [5.41, 5.74) is 1.40. The lowest BCUT2D eigenvalue weighted by Gasteiger charge is -2.59. The van der Waals surface area contributed by atoms with Crippen LogP contribution >= 0.6 is 0 Å². The quantitative estimate of drug-likeness (QED) is 0.603. The van der Waals surface area contributed by atoms with Gasteiger partial charge in [-0.1, -0.05) is 32.9 Å². The molecule has 2 aliphatic carbocycles. The van der Waals surface area contributed by atoms with Crippen molar-refractivity contribution in [1.29, 1.82) is 0 Å². The zero-order valence-electron chi connectivity index (χ0n) is 17.0. The maximum Gasteiger partial charge on any atom is 0.336 e. The van der Waals surface area contributed by atoms with Crippen LogP contribution < -0.4 is 10.4 Å². The monoisotopic (exact) mass is 382 g/mol. The molecule has 4 heteroatoms. The van der Waals surface area contributed by atoms with Crippen molar-refractivity contribution in [2.24, 2.45) is 22.7 Å². The molecule has 4 rings (SSSR count). The van der Waals surface area contributed by atoms with Gasteiger partial charge in [0.15, 0.2) is 0 Å². The minimum atomic E-state index is -0.358. The van der Waals surface area contributed by atoms with Crippen molar-refractivity contribution in [3.05, 3.63) is 52.9 Å². The number of benzene rings is 1. The molecule has 0 aliphatic heterocycles. The molecular weight excluding hydrogens is 352 g/mol. The van der Waals surface area contributed by atoms with Crippen molar-refractivity contribution in [3.63, 3.8) is 0 Å². The van der Waals surface area contributed by atoms with Gasteiger partial charge in [-0.2, -0.15) is 0 Å². The number of ether oxygens (including phenoxy) is 1. The lowest BCUT2D eigenvalue weighted by molar-refractivity contribution is -0.128. The third-order valence-corrected chi connectivity index (χ3v) is 7.56. The molecule has 1 aromatic heterocycles. The molecule has 0 bridgehead atoms. The van der Waals surface area contributed by atoms with Crippen LogP contribution in [0.5, 0.6) is 5.75 Å². The molecule has 2 aliphatic rings. The predicted molar refractivity (Wildman–Crippen MR) is 110 cm³/mol. The van der Waals surface area contributed by atoms with Crippen LogP contribution in [0.1, 0.15) is 46.5 Å². The van der Waals surface area contributed by atoms with Crippen molar-refractivity contribution >= 4 is 11.0 Å². The molecule has 2 fully saturated rings. The zero-order valence-corrected chi connectivity index (χ0v) is 17.0. The van der Waals surface area contributed by atoms with Crippen LogP contribution in [0.25, 0.3) is 11.0 Å². The third-order valence-electron chi connectivity index (χ3n) is 7.56. The Bertz CT molecular complexity index is 956. The fourth-order valence-corrected chi connectivity index (χ4v) is 5.78. The fraction of sp³-hybridized carbons (Fsp3) is 0.542. The minimum Gasteiger partial charge on any atom is -0.493 e. The first-order valence-corrected chi connectivity index (χ1v) is 10.2. The van der Waals surface area contributed by atoms with Gasteiger partial charge in [-0.3, -0.25) is 0 Å². The van der Waals surface area contributed by atoms with Crippen molar-refractivity contribution in [1.82, 2.24) is 0 Å². The molecule has 0 saturated heterocycles. The number of hydrogen-bond acceptors (Lipinski definition) is 4. The molecule has 1 N–H and O–H groups in total. The number of aliphatic hydroxyl groups excluding tert-OH is 1. The van der Waals surface area contributed by atoms with Crippen molar-refractivity contribution < 1.29 is 14.3 Å². The van der Waals surface area contributed by atoms with Crippen LogP contribution in [-0.4, -0.2) is 17.8 Å². The highest BCUT2D eigenvalue weighted by atomic mass is 16.5. The third kappa shape index (κ3) is 3.08. The SMILES string of the molecule is C=C1CCC2C(C)(CC[C@@H](O)C2(C)C)C1COc1ccc2ccc(=O)oc2c1. The summed E-state index contributed by atoms with van der Waals surface area (Å²) in [4.78, 5) is 11.5. The summed E-state index contributed by atoms with van der Waals surface area (Å²) in [6.45, 7) is 11.7.